The number of rotatable bonds is 4. The van der Waals surface area contributed by atoms with Gasteiger partial charge < -0.3 is 10.1 Å². The van der Waals surface area contributed by atoms with Crippen LogP contribution in [0.2, 0.25) is 0 Å². The highest BCUT2D eigenvalue weighted by Crippen LogP contribution is 2.41. The van der Waals surface area contributed by atoms with Gasteiger partial charge in [-0.3, -0.25) is 14.3 Å². The number of halogens is 1. The number of fused-ring (bicyclic) bond motifs is 1. The number of hydrogen-bond acceptors (Lipinski definition) is 5. The molecule has 148 valence electrons. The quantitative estimate of drug-likeness (QED) is 0.785. The number of benzene rings is 1. The molecule has 0 fully saturated rings. The number of allylic oxidation sites excluding steroid dienone is 1. The fraction of sp³-hybridized carbons (Fsp3) is 0.350. The van der Waals surface area contributed by atoms with Crippen LogP contribution in [0.15, 0.2) is 45.1 Å². The van der Waals surface area contributed by atoms with Gasteiger partial charge in [0.15, 0.2) is 0 Å². The third-order valence-corrected chi connectivity index (χ3v) is 4.76. The molecule has 2 heterocycles. The molecule has 1 aromatic carbocycles. The number of ether oxygens (including phenoxy) is 1. The molecule has 1 aromatic heterocycles. The summed E-state index contributed by atoms with van der Waals surface area (Å²) in [4.78, 5) is 40.0. The van der Waals surface area contributed by atoms with Crippen molar-refractivity contribution >= 4 is 11.8 Å². The van der Waals surface area contributed by atoms with Gasteiger partial charge in [0.2, 0.25) is 0 Å². The van der Waals surface area contributed by atoms with Gasteiger partial charge in [-0.2, -0.15) is 0 Å². The van der Waals surface area contributed by atoms with Crippen LogP contribution in [0.3, 0.4) is 0 Å². The van der Waals surface area contributed by atoms with Crippen LogP contribution in [0.4, 0.5) is 10.2 Å². The summed E-state index contributed by atoms with van der Waals surface area (Å²) in [6.45, 7) is 5.64. The van der Waals surface area contributed by atoms with Crippen molar-refractivity contribution in [1.82, 2.24) is 9.55 Å². The smallest absolute Gasteiger partial charge is 0.336 e. The van der Waals surface area contributed by atoms with Crippen LogP contribution in [0.5, 0.6) is 0 Å². The first-order valence-electron chi connectivity index (χ1n) is 9.03. The molecule has 1 aliphatic heterocycles. The highest BCUT2D eigenvalue weighted by atomic mass is 19.1. The first-order chi connectivity index (χ1) is 13.3. The predicted molar refractivity (Wildman–Crippen MR) is 103 cm³/mol. The maximum absolute atomic E-state index is 13.5. The van der Waals surface area contributed by atoms with Gasteiger partial charge in [0.1, 0.15) is 11.6 Å². The monoisotopic (exact) mass is 387 g/mol. The molecule has 1 unspecified atom stereocenters. The maximum atomic E-state index is 13.5. The summed E-state index contributed by atoms with van der Waals surface area (Å²) in [7, 11) is 1.53. The summed E-state index contributed by atoms with van der Waals surface area (Å²) in [5, 5.41) is 3.09. The Balaban J connectivity index is 2.39. The van der Waals surface area contributed by atoms with Crippen molar-refractivity contribution in [1.29, 1.82) is 0 Å². The Morgan fingerprint density at radius 2 is 1.89 bits per heavy atom. The van der Waals surface area contributed by atoms with E-state index in [4.69, 9.17) is 4.74 Å². The molecule has 1 aliphatic rings. The average Bonchev–Trinajstić information content (AvgIpc) is 2.65. The summed E-state index contributed by atoms with van der Waals surface area (Å²) >= 11 is 0. The van der Waals surface area contributed by atoms with Crippen molar-refractivity contribution in [2.45, 2.75) is 26.7 Å². The van der Waals surface area contributed by atoms with Gasteiger partial charge in [-0.15, -0.1) is 0 Å². The minimum atomic E-state index is -0.802. The normalized spacial score (nSPS) is 16.0. The van der Waals surface area contributed by atoms with Crippen molar-refractivity contribution in [3.63, 3.8) is 0 Å². The van der Waals surface area contributed by atoms with E-state index in [0.29, 0.717) is 17.1 Å². The molecule has 3 rings (SSSR count). The predicted octanol–water partition coefficient (Wildman–Crippen LogP) is 2.24. The lowest BCUT2D eigenvalue weighted by Crippen LogP contribution is -2.39. The van der Waals surface area contributed by atoms with E-state index in [-0.39, 0.29) is 23.7 Å². The number of carbonyl (C=O) groups is 1. The standard InChI is InChI=1S/C20H22FN3O4/c1-5-28-19(26)14-13(11-6-8-12(21)9-7-11)15-17(22-16(14)10(2)3)24(4)20(27)23-18(15)25/h6-10,13,22H,5H2,1-4H3,(H,23,25,27). The lowest BCUT2D eigenvalue weighted by molar-refractivity contribution is -0.138. The van der Waals surface area contributed by atoms with Crippen molar-refractivity contribution in [3.05, 3.63) is 73.3 Å². The number of anilines is 1. The zero-order valence-corrected chi connectivity index (χ0v) is 16.1. The van der Waals surface area contributed by atoms with Crippen LogP contribution >= 0.6 is 0 Å². The highest BCUT2D eigenvalue weighted by molar-refractivity contribution is 5.94. The van der Waals surface area contributed by atoms with Crippen LogP contribution in [-0.4, -0.2) is 22.1 Å². The zero-order valence-electron chi connectivity index (χ0n) is 16.1. The molecule has 2 aromatic rings. The first-order valence-corrected chi connectivity index (χ1v) is 9.03. The number of nitrogens with one attached hydrogen (secondary N) is 2. The second-order valence-electron chi connectivity index (χ2n) is 6.89. The lowest BCUT2D eigenvalue weighted by atomic mass is 9.80. The molecule has 8 heteroatoms. The molecule has 0 amide bonds. The van der Waals surface area contributed by atoms with Gasteiger partial charge in [-0.1, -0.05) is 26.0 Å². The van der Waals surface area contributed by atoms with E-state index in [9.17, 15) is 18.8 Å². The van der Waals surface area contributed by atoms with Gasteiger partial charge in [0.25, 0.3) is 5.56 Å². The first kappa shape index (κ1) is 19.6. The van der Waals surface area contributed by atoms with Crippen LogP contribution < -0.4 is 16.6 Å². The molecule has 1 atom stereocenters. The molecular formula is C20H22FN3O4. The third kappa shape index (κ3) is 3.26. The average molecular weight is 387 g/mol. The summed E-state index contributed by atoms with van der Waals surface area (Å²) in [6, 6.07) is 5.59. The van der Waals surface area contributed by atoms with Crippen molar-refractivity contribution < 1.29 is 13.9 Å². The third-order valence-electron chi connectivity index (χ3n) is 4.76. The van der Waals surface area contributed by atoms with E-state index < -0.39 is 29.0 Å². The van der Waals surface area contributed by atoms with Crippen LogP contribution in [0.1, 0.15) is 37.8 Å². The summed E-state index contributed by atoms with van der Waals surface area (Å²) in [5.74, 6) is -1.61. The van der Waals surface area contributed by atoms with E-state index in [2.05, 4.69) is 10.3 Å². The van der Waals surface area contributed by atoms with Crippen LogP contribution in [0, 0.1) is 11.7 Å². The molecule has 0 saturated carbocycles. The second kappa shape index (κ2) is 7.46. The van der Waals surface area contributed by atoms with Gasteiger partial charge in [-0.05, 0) is 30.5 Å². The van der Waals surface area contributed by atoms with Crippen molar-refractivity contribution in [2.24, 2.45) is 13.0 Å². The number of H-pyrrole nitrogens is 1. The summed E-state index contributed by atoms with van der Waals surface area (Å²) in [5.41, 5.74) is 0.415. The Labute approximate surface area is 160 Å². The number of nitrogens with zero attached hydrogens (tertiary/aromatic N) is 1. The van der Waals surface area contributed by atoms with Gasteiger partial charge in [0.05, 0.1) is 23.7 Å². The molecule has 0 saturated heterocycles. The zero-order chi connectivity index (χ0) is 20.6. The number of aromatic nitrogens is 2. The van der Waals surface area contributed by atoms with Crippen LogP contribution in [0.25, 0.3) is 0 Å². The summed E-state index contributed by atoms with van der Waals surface area (Å²) < 4.78 is 20.0. The van der Waals surface area contributed by atoms with Crippen molar-refractivity contribution in [3.8, 4) is 0 Å². The number of esters is 1. The highest BCUT2D eigenvalue weighted by Gasteiger charge is 2.38. The van der Waals surface area contributed by atoms with Crippen molar-refractivity contribution in [2.75, 3.05) is 11.9 Å². The Kier molecular flexibility index (Phi) is 5.22. The largest absolute Gasteiger partial charge is 0.463 e. The minimum Gasteiger partial charge on any atom is -0.463 e. The number of carbonyl (C=O) groups excluding carboxylic acids is 1. The Bertz CT molecular complexity index is 1060. The van der Waals surface area contributed by atoms with E-state index in [1.54, 1.807) is 6.92 Å². The van der Waals surface area contributed by atoms with E-state index in [0.717, 1.165) is 0 Å². The van der Waals surface area contributed by atoms with E-state index >= 15 is 0 Å². The van der Waals surface area contributed by atoms with E-state index in [1.165, 1.54) is 35.9 Å². The van der Waals surface area contributed by atoms with Gasteiger partial charge >= 0.3 is 11.7 Å². The minimum absolute atomic E-state index is 0.120. The van der Waals surface area contributed by atoms with Gasteiger partial charge in [-0.25, -0.2) is 14.0 Å². The Morgan fingerprint density at radius 1 is 1.25 bits per heavy atom. The number of aromatic amines is 1. The lowest BCUT2D eigenvalue weighted by Gasteiger charge is -2.32. The Hall–Kier alpha value is -3.16. The van der Waals surface area contributed by atoms with Gasteiger partial charge in [0, 0.05) is 12.7 Å². The number of hydrogen-bond donors (Lipinski definition) is 2. The SMILES string of the molecule is CCOC(=O)C1=C(C(C)C)Nc2c(c(=O)[nH]c(=O)n2C)C1c1ccc(F)cc1. The molecule has 0 spiro atoms. The summed E-state index contributed by atoms with van der Waals surface area (Å²) in [6.07, 6.45) is 0. The molecule has 7 nitrogen and oxygen atoms in total. The van der Waals surface area contributed by atoms with E-state index in [1.807, 2.05) is 13.8 Å². The molecule has 0 bridgehead atoms. The molecule has 0 aliphatic carbocycles. The fourth-order valence-electron chi connectivity index (χ4n) is 3.43. The topological polar surface area (TPSA) is 93.2 Å². The molecule has 0 radical (unpaired) electrons. The fourth-order valence-corrected chi connectivity index (χ4v) is 3.43. The molecular weight excluding hydrogens is 365 g/mol. The van der Waals surface area contributed by atoms with Crippen LogP contribution in [-0.2, 0) is 16.6 Å². The second-order valence-corrected chi connectivity index (χ2v) is 6.89. The molecule has 2 N–H and O–H groups in total. The maximum Gasteiger partial charge on any atom is 0.336 e. The Morgan fingerprint density at radius 3 is 2.46 bits per heavy atom. The molecule has 28 heavy (non-hydrogen) atoms.